The number of aliphatic hydroxyl groups is 2. The minimum Gasteiger partial charge on any atom is -0.395 e. The fraction of sp³-hybridized carbons (Fsp3) is 0.455. The molecule has 1 rings (SSSR count). The lowest BCUT2D eigenvalue weighted by Gasteiger charge is -2.24. The van der Waals surface area contributed by atoms with Crippen LogP contribution in [0.2, 0.25) is 0 Å². The average Bonchev–Trinajstić information content (AvgIpc) is 2.29. The van der Waals surface area contributed by atoms with Gasteiger partial charge in [-0.3, -0.25) is 5.32 Å². The van der Waals surface area contributed by atoms with Gasteiger partial charge in [0.1, 0.15) is 0 Å². The highest BCUT2D eigenvalue weighted by Crippen LogP contribution is 2.11. The minimum atomic E-state index is 0.121. The highest BCUT2D eigenvalue weighted by Gasteiger charge is 2.03. The smallest absolute Gasteiger partial charge is 0.0683 e. The number of anilines is 1. The van der Waals surface area contributed by atoms with E-state index in [1.807, 2.05) is 35.2 Å². The van der Waals surface area contributed by atoms with Crippen molar-refractivity contribution in [3.05, 3.63) is 30.3 Å². The Balaban J connectivity index is 2.50. The van der Waals surface area contributed by atoms with Crippen molar-refractivity contribution >= 4 is 5.69 Å². The molecule has 0 radical (unpaired) electrons. The zero-order chi connectivity index (χ0) is 10.9. The summed E-state index contributed by atoms with van der Waals surface area (Å²) in [5.74, 6) is 0. The number of para-hydroxylation sites is 1. The molecule has 0 bridgehead atoms. The van der Waals surface area contributed by atoms with Crippen LogP contribution in [-0.2, 0) is 0 Å². The van der Waals surface area contributed by atoms with Crippen molar-refractivity contribution in [2.45, 2.75) is 0 Å². The van der Waals surface area contributed by atoms with Crippen molar-refractivity contribution in [1.82, 2.24) is 5.32 Å². The maximum Gasteiger partial charge on any atom is 0.0683 e. The molecule has 4 heteroatoms. The van der Waals surface area contributed by atoms with Gasteiger partial charge in [0.05, 0.1) is 19.9 Å². The Labute approximate surface area is 90.2 Å². The van der Waals surface area contributed by atoms with Gasteiger partial charge in [0.25, 0.3) is 0 Å². The highest BCUT2D eigenvalue weighted by molar-refractivity contribution is 5.45. The van der Waals surface area contributed by atoms with E-state index in [0.717, 1.165) is 5.69 Å². The maximum absolute atomic E-state index is 8.94. The molecule has 0 amide bonds. The summed E-state index contributed by atoms with van der Waals surface area (Å²) in [7, 11) is 0. The van der Waals surface area contributed by atoms with Crippen LogP contribution >= 0.6 is 0 Å². The Kier molecular flexibility index (Phi) is 5.77. The number of benzene rings is 1. The minimum absolute atomic E-state index is 0.121. The number of nitrogens with zero attached hydrogens (tertiary/aromatic N) is 1. The number of aliphatic hydroxyl groups excluding tert-OH is 2. The Hall–Kier alpha value is -1.10. The van der Waals surface area contributed by atoms with Crippen LogP contribution in [0.4, 0.5) is 5.69 Å². The third-order valence-electron chi connectivity index (χ3n) is 2.08. The fourth-order valence-electron chi connectivity index (χ4n) is 1.35. The lowest BCUT2D eigenvalue weighted by Crippen LogP contribution is -2.37. The first-order chi connectivity index (χ1) is 7.38. The summed E-state index contributed by atoms with van der Waals surface area (Å²) in [4.78, 5) is 2.02. The zero-order valence-corrected chi connectivity index (χ0v) is 8.76. The predicted octanol–water partition coefficient (Wildman–Crippen LogP) is 0.0247. The third-order valence-corrected chi connectivity index (χ3v) is 2.08. The maximum atomic E-state index is 8.94. The first kappa shape index (κ1) is 12.0. The second kappa shape index (κ2) is 7.23. The second-order valence-electron chi connectivity index (χ2n) is 3.20. The van der Waals surface area contributed by atoms with Crippen molar-refractivity contribution in [2.24, 2.45) is 0 Å². The summed E-state index contributed by atoms with van der Waals surface area (Å²) in [6.07, 6.45) is 0. The lowest BCUT2D eigenvalue weighted by molar-refractivity contribution is 0.286. The van der Waals surface area contributed by atoms with Gasteiger partial charge in [0, 0.05) is 18.8 Å². The first-order valence-electron chi connectivity index (χ1n) is 5.11. The van der Waals surface area contributed by atoms with E-state index in [-0.39, 0.29) is 13.2 Å². The number of hydrogen-bond acceptors (Lipinski definition) is 4. The molecule has 0 heterocycles. The van der Waals surface area contributed by atoms with Gasteiger partial charge in [-0.1, -0.05) is 18.2 Å². The van der Waals surface area contributed by atoms with Gasteiger partial charge in [-0.05, 0) is 12.1 Å². The quantitative estimate of drug-likeness (QED) is 0.439. The summed E-state index contributed by atoms with van der Waals surface area (Å²) in [6, 6.07) is 9.88. The summed E-state index contributed by atoms with van der Waals surface area (Å²) in [6.45, 7) is 2.03. The molecule has 3 N–H and O–H groups in total. The highest BCUT2D eigenvalue weighted by atomic mass is 16.3. The van der Waals surface area contributed by atoms with Gasteiger partial charge in [-0.25, -0.2) is 0 Å². The molecule has 1 aromatic rings. The molecule has 0 atom stereocenters. The van der Waals surface area contributed by atoms with Crippen LogP contribution in [0.15, 0.2) is 30.3 Å². The molecular weight excluding hydrogens is 192 g/mol. The second-order valence-corrected chi connectivity index (χ2v) is 3.20. The Morgan fingerprint density at radius 2 is 1.80 bits per heavy atom. The van der Waals surface area contributed by atoms with Gasteiger partial charge >= 0.3 is 0 Å². The van der Waals surface area contributed by atoms with E-state index in [4.69, 9.17) is 10.2 Å². The van der Waals surface area contributed by atoms with E-state index >= 15 is 0 Å². The van der Waals surface area contributed by atoms with Crippen molar-refractivity contribution in [3.63, 3.8) is 0 Å². The first-order valence-corrected chi connectivity index (χ1v) is 5.11. The number of rotatable bonds is 7. The molecule has 0 aliphatic rings. The molecule has 0 aromatic heterocycles. The summed E-state index contributed by atoms with van der Waals surface area (Å²) >= 11 is 0. The molecule has 15 heavy (non-hydrogen) atoms. The van der Waals surface area contributed by atoms with E-state index in [0.29, 0.717) is 19.8 Å². The zero-order valence-electron chi connectivity index (χ0n) is 8.76. The Morgan fingerprint density at radius 3 is 2.40 bits per heavy atom. The molecule has 0 unspecified atom stereocenters. The van der Waals surface area contributed by atoms with Crippen LogP contribution in [-0.4, -0.2) is 43.2 Å². The molecule has 0 saturated heterocycles. The standard InChI is InChI=1S/C11H18N2O2/c14-8-6-12-10-13(7-9-15)11-4-2-1-3-5-11/h1-5,12,14-15H,6-10H2. The molecule has 84 valence electrons. The van der Waals surface area contributed by atoms with E-state index < -0.39 is 0 Å². The van der Waals surface area contributed by atoms with E-state index in [1.165, 1.54) is 0 Å². The molecule has 0 spiro atoms. The van der Waals surface area contributed by atoms with Crippen LogP contribution in [0.25, 0.3) is 0 Å². The van der Waals surface area contributed by atoms with Crippen molar-refractivity contribution in [1.29, 1.82) is 0 Å². The normalized spacial score (nSPS) is 10.3. The summed E-state index contributed by atoms with van der Waals surface area (Å²) in [5.41, 5.74) is 1.07. The van der Waals surface area contributed by atoms with Gasteiger partial charge in [0.15, 0.2) is 0 Å². The van der Waals surface area contributed by atoms with Crippen LogP contribution in [0.1, 0.15) is 0 Å². The molecule has 4 nitrogen and oxygen atoms in total. The van der Waals surface area contributed by atoms with Crippen molar-refractivity contribution < 1.29 is 10.2 Å². The van der Waals surface area contributed by atoms with Gasteiger partial charge in [0.2, 0.25) is 0 Å². The Morgan fingerprint density at radius 1 is 1.07 bits per heavy atom. The Bertz CT molecular complexity index is 254. The number of hydrogen-bond donors (Lipinski definition) is 3. The molecule has 0 fully saturated rings. The fourth-order valence-corrected chi connectivity index (χ4v) is 1.35. The molecule has 0 aliphatic heterocycles. The predicted molar refractivity (Wildman–Crippen MR) is 60.8 cm³/mol. The van der Waals surface area contributed by atoms with Crippen molar-refractivity contribution in [3.8, 4) is 0 Å². The molecule has 0 aliphatic carbocycles. The largest absolute Gasteiger partial charge is 0.395 e. The molecule has 0 saturated carbocycles. The SMILES string of the molecule is OCCNCN(CCO)c1ccccc1. The monoisotopic (exact) mass is 210 g/mol. The van der Waals surface area contributed by atoms with Crippen LogP contribution < -0.4 is 10.2 Å². The van der Waals surface area contributed by atoms with Gasteiger partial charge < -0.3 is 15.1 Å². The van der Waals surface area contributed by atoms with Crippen molar-refractivity contribution in [2.75, 3.05) is 37.9 Å². The van der Waals surface area contributed by atoms with Gasteiger partial charge in [-0.2, -0.15) is 0 Å². The van der Waals surface area contributed by atoms with Crippen LogP contribution in [0.3, 0.4) is 0 Å². The van der Waals surface area contributed by atoms with E-state index in [9.17, 15) is 0 Å². The van der Waals surface area contributed by atoms with Gasteiger partial charge in [-0.15, -0.1) is 0 Å². The van der Waals surface area contributed by atoms with Crippen LogP contribution in [0, 0.1) is 0 Å². The lowest BCUT2D eigenvalue weighted by atomic mass is 10.3. The van der Waals surface area contributed by atoms with E-state index in [1.54, 1.807) is 0 Å². The molecular formula is C11H18N2O2. The summed E-state index contributed by atoms with van der Waals surface area (Å²) in [5, 5.41) is 20.7. The number of nitrogens with one attached hydrogen (secondary N) is 1. The average molecular weight is 210 g/mol. The third kappa shape index (κ3) is 4.29. The van der Waals surface area contributed by atoms with E-state index in [2.05, 4.69) is 5.32 Å². The molecule has 1 aromatic carbocycles. The topological polar surface area (TPSA) is 55.7 Å². The van der Waals surface area contributed by atoms with Crippen LogP contribution in [0.5, 0.6) is 0 Å². The summed E-state index contributed by atoms with van der Waals surface area (Å²) < 4.78 is 0.